The van der Waals surface area contributed by atoms with Crippen LogP contribution in [0.4, 0.5) is 5.69 Å². The Kier molecular flexibility index (Phi) is 6.29. The Morgan fingerprint density at radius 3 is 2.41 bits per heavy atom. The molecule has 2 aromatic carbocycles. The number of carbonyl (C=O) groups is 2. The monoisotopic (exact) mass is 552 g/mol. The predicted molar refractivity (Wildman–Crippen MR) is 132 cm³/mol. The number of carbonyl (C=O) groups excluding carboxylic acids is 2. The molecule has 11 heteroatoms. The molecule has 0 radical (unpaired) electrons. The summed E-state index contributed by atoms with van der Waals surface area (Å²) in [6, 6.07) is 13.3. The van der Waals surface area contributed by atoms with Crippen LogP contribution < -0.4 is 4.90 Å². The lowest BCUT2D eigenvalue weighted by Crippen LogP contribution is -2.33. The highest BCUT2D eigenvalue weighted by Gasteiger charge is 2.42. The first-order valence-electron chi connectivity index (χ1n) is 9.45. The van der Waals surface area contributed by atoms with Crippen molar-refractivity contribution in [1.82, 2.24) is 4.90 Å². The predicted octanol–water partition coefficient (Wildman–Crippen LogP) is 3.76. The maximum atomic E-state index is 13.5. The number of rotatable bonds is 5. The van der Waals surface area contributed by atoms with E-state index in [0.29, 0.717) is 17.8 Å². The van der Waals surface area contributed by atoms with E-state index in [1.807, 2.05) is 43.3 Å². The first-order valence-corrected chi connectivity index (χ1v) is 13.1. The van der Waals surface area contributed by atoms with Crippen LogP contribution in [0.2, 0.25) is 0 Å². The van der Waals surface area contributed by atoms with Crippen molar-refractivity contribution in [2.45, 2.75) is 13.5 Å². The van der Waals surface area contributed by atoms with Crippen LogP contribution in [0.5, 0.6) is 0 Å². The Hall–Kier alpha value is -2.05. The topological polar surface area (TPSA) is 95.0 Å². The number of thiocarbonyl (C=S) groups is 1. The van der Waals surface area contributed by atoms with Gasteiger partial charge in [-0.15, -0.1) is 0 Å². The summed E-state index contributed by atoms with van der Waals surface area (Å²) in [5.74, 6) is -1.51. The quantitative estimate of drug-likeness (QED) is 0.342. The van der Waals surface area contributed by atoms with Gasteiger partial charge in [0.05, 0.1) is 28.5 Å². The van der Waals surface area contributed by atoms with Crippen molar-refractivity contribution >= 4 is 77.4 Å². The van der Waals surface area contributed by atoms with Gasteiger partial charge in [-0.05, 0) is 30.7 Å². The van der Waals surface area contributed by atoms with E-state index in [1.165, 1.54) is 0 Å². The zero-order chi connectivity index (χ0) is 23.2. The van der Waals surface area contributed by atoms with Gasteiger partial charge in [-0.25, -0.2) is 0 Å². The van der Waals surface area contributed by atoms with E-state index in [1.54, 1.807) is 11.0 Å². The first kappa shape index (κ1) is 23.1. The van der Waals surface area contributed by atoms with Crippen LogP contribution in [0.15, 0.2) is 51.8 Å². The van der Waals surface area contributed by atoms with Gasteiger partial charge in [0.15, 0.2) is 0 Å². The molecule has 0 aromatic heterocycles. The van der Waals surface area contributed by atoms with E-state index in [4.69, 9.17) is 16.8 Å². The highest BCUT2D eigenvalue weighted by Crippen LogP contribution is 2.45. The number of anilines is 1. The average molecular weight is 553 g/mol. The number of benzene rings is 2. The summed E-state index contributed by atoms with van der Waals surface area (Å²) in [4.78, 5) is 29.4. The van der Waals surface area contributed by atoms with Gasteiger partial charge in [-0.1, -0.05) is 69.7 Å². The second kappa shape index (κ2) is 8.71. The molecule has 2 amide bonds. The molecular formula is C21H17BrN2O5S3. The molecule has 1 fully saturated rings. The summed E-state index contributed by atoms with van der Waals surface area (Å²) in [5.41, 5.74) is 3.57. The van der Waals surface area contributed by atoms with Crippen LogP contribution in [-0.4, -0.2) is 46.3 Å². The van der Waals surface area contributed by atoms with Crippen molar-refractivity contribution in [3.8, 4) is 0 Å². The standard InChI is InChI=1S/C21H17BrN2O5S3/c1-12-2-4-13(5-3-12)11-24-16-7-6-14(22)10-15(16)17(19(24)25)18-20(26)23(21(30)31-18)8-9-32(27,28)29/h2-7,10H,8-9,11H2,1H3,(H,27,28,29)/b18-17+. The molecule has 166 valence electrons. The van der Waals surface area contributed by atoms with Crippen molar-refractivity contribution in [3.05, 3.63) is 68.5 Å². The molecular weight excluding hydrogens is 536 g/mol. The van der Waals surface area contributed by atoms with Crippen LogP contribution in [0.3, 0.4) is 0 Å². The normalized spacial score (nSPS) is 18.7. The summed E-state index contributed by atoms with van der Waals surface area (Å²) >= 11 is 9.64. The molecule has 4 rings (SSSR count). The van der Waals surface area contributed by atoms with Crippen LogP contribution in [-0.2, 0) is 26.3 Å². The van der Waals surface area contributed by atoms with Crippen molar-refractivity contribution in [3.63, 3.8) is 0 Å². The SMILES string of the molecule is Cc1ccc(CN2C(=O)/C(=C3/SC(=S)N(CCS(=O)(=O)O)C3=O)c3cc(Br)ccc32)cc1. The maximum absolute atomic E-state index is 13.5. The summed E-state index contributed by atoms with van der Waals surface area (Å²) in [6.07, 6.45) is 0. The minimum absolute atomic E-state index is 0.141. The Balaban J connectivity index is 1.74. The van der Waals surface area contributed by atoms with Gasteiger partial charge in [0.2, 0.25) is 0 Å². The molecule has 0 unspecified atom stereocenters. The minimum Gasteiger partial charge on any atom is -0.303 e. The smallest absolute Gasteiger partial charge is 0.267 e. The number of hydrogen-bond donors (Lipinski definition) is 1. The van der Waals surface area contributed by atoms with Gasteiger partial charge in [-0.2, -0.15) is 8.42 Å². The third-order valence-corrected chi connectivity index (χ3v) is 7.73. The highest BCUT2D eigenvalue weighted by molar-refractivity contribution is 9.10. The third kappa shape index (κ3) is 4.53. The highest BCUT2D eigenvalue weighted by atomic mass is 79.9. The maximum Gasteiger partial charge on any atom is 0.267 e. The molecule has 2 aliphatic rings. The van der Waals surface area contributed by atoms with Crippen molar-refractivity contribution in [2.24, 2.45) is 0 Å². The lowest BCUT2D eigenvalue weighted by Gasteiger charge is -2.17. The second-order valence-electron chi connectivity index (χ2n) is 7.35. The van der Waals surface area contributed by atoms with Crippen molar-refractivity contribution in [2.75, 3.05) is 17.2 Å². The van der Waals surface area contributed by atoms with E-state index in [2.05, 4.69) is 15.9 Å². The molecule has 2 aliphatic heterocycles. The van der Waals surface area contributed by atoms with Crippen LogP contribution in [0.1, 0.15) is 16.7 Å². The Bertz CT molecular complexity index is 1290. The van der Waals surface area contributed by atoms with Crippen LogP contribution in [0.25, 0.3) is 5.57 Å². The minimum atomic E-state index is -4.27. The molecule has 0 bridgehead atoms. The number of amides is 2. The van der Waals surface area contributed by atoms with Gasteiger partial charge in [0, 0.05) is 16.6 Å². The van der Waals surface area contributed by atoms with Crippen molar-refractivity contribution < 1.29 is 22.6 Å². The molecule has 1 N–H and O–H groups in total. The van der Waals surface area contributed by atoms with Gasteiger partial charge in [0.1, 0.15) is 4.32 Å². The van der Waals surface area contributed by atoms with Crippen LogP contribution in [0, 0.1) is 6.92 Å². The zero-order valence-corrected chi connectivity index (χ0v) is 20.8. The van der Waals surface area contributed by atoms with Gasteiger partial charge >= 0.3 is 0 Å². The van der Waals surface area contributed by atoms with Gasteiger partial charge in [-0.3, -0.25) is 19.0 Å². The average Bonchev–Trinajstić information content (AvgIpc) is 3.13. The second-order valence-corrected chi connectivity index (χ2v) is 11.5. The van der Waals surface area contributed by atoms with E-state index in [0.717, 1.165) is 32.3 Å². The summed E-state index contributed by atoms with van der Waals surface area (Å²) in [5, 5.41) is 0. The number of halogens is 1. The van der Waals surface area contributed by atoms with E-state index in [-0.39, 0.29) is 27.3 Å². The molecule has 7 nitrogen and oxygen atoms in total. The molecule has 0 aliphatic carbocycles. The lowest BCUT2D eigenvalue weighted by molar-refractivity contribution is -0.122. The fourth-order valence-corrected chi connectivity index (χ4v) is 5.66. The molecule has 32 heavy (non-hydrogen) atoms. The first-order chi connectivity index (χ1) is 15.0. The fraction of sp³-hybridized carbons (Fsp3) is 0.190. The molecule has 0 spiro atoms. The van der Waals surface area contributed by atoms with Crippen molar-refractivity contribution in [1.29, 1.82) is 0 Å². The molecule has 1 saturated heterocycles. The molecule has 0 saturated carbocycles. The Morgan fingerprint density at radius 2 is 1.75 bits per heavy atom. The number of nitrogens with zero attached hydrogens (tertiary/aromatic N) is 2. The van der Waals surface area contributed by atoms with E-state index < -0.39 is 21.8 Å². The molecule has 2 heterocycles. The van der Waals surface area contributed by atoms with Crippen LogP contribution >= 0.6 is 39.9 Å². The fourth-order valence-electron chi connectivity index (χ4n) is 3.50. The lowest BCUT2D eigenvalue weighted by atomic mass is 10.1. The summed E-state index contributed by atoms with van der Waals surface area (Å²) < 4.78 is 32.2. The number of aryl methyl sites for hydroxylation is 1. The Labute approximate surface area is 203 Å². The number of thioether (sulfide) groups is 1. The zero-order valence-electron chi connectivity index (χ0n) is 16.7. The molecule has 0 atom stereocenters. The third-order valence-electron chi connectivity index (χ3n) is 5.09. The number of fused-ring (bicyclic) bond motifs is 1. The van der Waals surface area contributed by atoms with E-state index >= 15 is 0 Å². The van der Waals surface area contributed by atoms with Gasteiger partial charge in [0.25, 0.3) is 21.9 Å². The van der Waals surface area contributed by atoms with Gasteiger partial charge < -0.3 is 4.90 Å². The molecule has 2 aromatic rings. The van der Waals surface area contributed by atoms with E-state index in [9.17, 15) is 18.0 Å². The Morgan fingerprint density at radius 1 is 1.06 bits per heavy atom. The summed E-state index contributed by atoms with van der Waals surface area (Å²) in [7, 11) is -4.27. The summed E-state index contributed by atoms with van der Waals surface area (Å²) in [6.45, 7) is 2.03. The number of hydrogen-bond acceptors (Lipinski definition) is 6. The largest absolute Gasteiger partial charge is 0.303 e.